The Morgan fingerprint density at radius 1 is 1.28 bits per heavy atom. The number of carbonyl (C=O) groups is 1. The predicted molar refractivity (Wildman–Crippen MR) is 110 cm³/mol. The van der Waals surface area contributed by atoms with Gasteiger partial charge in [0.25, 0.3) is 5.91 Å². The number of methoxy groups -OCH3 is 1. The number of nitrogens with zero attached hydrogens (tertiary/aromatic N) is 6. The minimum Gasteiger partial charge on any atom is -0.481 e. The maximum Gasteiger partial charge on any atom is 0.255 e. The highest BCUT2D eigenvalue weighted by molar-refractivity contribution is 5.94. The van der Waals surface area contributed by atoms with E-state index in [1.54, 1.807) is 31.6 Å². The molecule has 0 unspecified atom stereocenters. The maximum atomic E-state index is 12.9. The highest BCUT2D eigenvalue weighted by Gasteiger charge is 2.31. The van der Waals surface area contributed by atoms with Crippen molar-refractivity contribution in [3.8, 4) is 5.88 Å². The highest BCUT2D eigenvalue weighted by Crippen LogP contribution is 2.32. The largest absolute Gasteiger partial charge is 0.481 e. The number of likely N-dealkylation sites (tertiary alicyclic amines) is 1. The van der Waals surface area contributed by atoms with E-state index in [4.69, 9.17) is 9.84 Å². The molecule has 8 heteroatoms. The second-order valence-corrected chi connectivity index (χ2v) is 7.61. The molecule has 1 aliphatic heterocycles. The molecule has 0 N–H and O–H groups in total. The van der Waals surface area contributed by atoms with E-state index >= 15 is 0 Å². The summed E-state index contributed by atoms with van der Waals surface area (Å²) >= 11 is 0. The molecule has 152 valence electrons. The maximum absolute atomic E-state index is 12.9. The lowest BCUT2D eigenvalue weighted by molar-refractivity contribution is 0.0790. The fourth-order valence-electron chi connectivity index (χ4n) is 3.76. The summed E-state index contributed by atoms with van der Waals surface area (Å²) in [6.07, 6.45) is 4.27. The summed E-state index contributed by atoms with van der Waals surface area (Å²) < 4.78 is 7.06. The zero-order chi connectivity index (χ0) is 20.4. The molecule has 0 aliphatic carbocycles. The van der Waals surface area contributed by atoms with Gasteiger partial charge in [0.05, 0.1) is 24.9 Å². The fraction of sp³-hybridized carbons (Fsp3) is 0.429. The van der Waals surface area contributed by atoms with Crippen LogP contribution in [0.5, 0.6) is 5.88 Å². The van der Waals surface area contributed by atoms with Gasteiger partial charge in [-0.1, -0.05) is 0 Å². The van der Waals surface area contributed by atoms with Crippen LogP contribution < -0.4 is 4.74 Å². The van der Waals surface area contributed by atoms with E-state index in [1.165, 1.54) is 0 Å². The number of carbonyl (C=O) groups excluding carboxylic acids is 1. The molecule has 1 fully saturated rings. The molecule has 3 aromatic heterocycles. The Balaban J connectivity index is 1.54. The van der Waals surface area contributed by atoms with Crippen molar-refractivity contribution in [3.05, 3.63) is 47.9 Å². The van der Waals surface area contributed by atoms with Crippen LogP contribution in [-0.4, -0.2) is 76.3 Å². The molecule has 0 bridgehead atoms. The van der Waals surface area contributed by atoms with Gasteiger partial charge in [0.1, 0.15) is 0 Å². The van der Waals surface area contributed by atoms with Gasteiger partial charge in [0.2, 0.25) is 5.88 Å². The van der Waals surface area contributed by atoms with Gasteiger partial charge in [-0.25, -0.2) is 14.6 Å². The van der Waals surface area contributed by atoms with E-state index in [0.717, 1.165) is 36.2 Å². The number of hydrogen-bond acceptors (Lipinski definition) is 6. The second kappa shape index (κ2) is 8.16. The summed E-state index contributed by atoms with van der Waals surface area (Å²) in [7, 11) is 5.66. The van der Waals surface area contributed by atoms with Gasteiger partial charge in [0, 0.05) is 49.4 Å². The lowest BCUT2D eigenvalue weighted by atomic mass is 10.0. The Morgan fingerprint density at radius 2 is 2.14 bits per heavy atom. The van der Waals surface area contributed by atoms with Crippen LogP contribution >= 0.6 is 0 Å². The molecular weight excluding hydrogens is 368 g/mol. The zero-order valence-corrected chi connectivity index (χ0v) is 17.1. The fourth-order valence-corrected chi connectivity index (χ4v) is 3.76. The van der Waals surface area contributed by atoms with Crippen LogP contribution in [0, 0.1) is 0 Å². The van der Waals surface area contributed by atoms with Crippen molar-refractivity contribution in [2.24, 2.45) is 0 Å². The summed E-state index contributed by atoms with van der Waals surface area (Å²) in [5, 5.41) is 5.97. The van der Waals surface area contributed by atoms with Crippen molar-refractivity contribution in [1.82, 2.24) is 29.5 Å². The van der Waals surface area contributed by atoms with E-state index in [9.17, 15) is 4.79 Å². The summed E-state index contributed by atoms with van der Waals surface area (Å²) in [5.41, 5.74) is 2.53. The van der Waals surface area contributed by atoms with Crippen molar-refractivity contribution in [3.63, 3.8) is 0 Å². The number of pyridine rings is 2. The Labute approximate surface area is 170 Å². The number of fused-ring (bicyclic) bond motifs is 1. The minimum absolute atomic E-state index is 0.00266. The van der Waals surface area contributed by atoms with E-state index in [2.05, 4.69) is 35.0 Å². The first-order valence-corrected chi connectivity index (χ1v) is 9.82. The molecular formula is C21H26N6O2. The van der Waals surface area contributed by atoms with E-state index < -0.39 is 0 Å². The molecule has 1 aliphatic rings. The third-order valence-corrected chi connectivity index (χ3v) is 5.35. The van der Waals surface area contributed by atoms with Crippen molar-refractivity contribution in [2.75, 3.05) is 40.8 Å². The number of hydrogen-bond donors (Lipinski definition) is 0. The van der Waals surface area contributed by atoms with Crippen LogP contribution in [0.1, 0.15) is 28.4 Å². The van der Waals surface area contributed by atoms with E-state index in [1.807, 2.05) is 15.6 Å². The third-order valence-electron chi connectivity index (χ3n) is 5.35. The minimum atomic E-state index is -0.00266. The number of aromatic nitrogens is 4. The van der Waals surface area contributed by atoms with Gasteiger partial charge in [-0.05, 0) is 38.7 Å². The van der Waals surface area contributed by atoms with Gasteiger partial charge < -0.3 is 14.5 Å². The summed E-state index contributed by atoms with van der Waals surface area (Å²) in [4.78, 5) is 25.6. The Kier molecular flexibility index (Phi) is 5.44. The van der Waals surface area contributed by atoms with E-state index in [-0.39, 0.29) is 11.8 Å². The standard InChI is InChI=1S/C21H26N6O2/c1-25(2)11-12-27-20-17(5-4-9-22-20)19(24-27)16-8-10-26(14-16)21(28)15-6-7-18(29-3)23-13-15/h4-7,9,13,16H,8,10-12,14H2,1-3H3/t16-/m0/s1. The van der Waals surface area contributed by atoms with Crippen molar-refractivity contribution >= 4 is 16.9 Å². The van der Waals surface area contributed by atoms with Crippen LogP contribution in [-0.2, 0) is 6.54 Å². The SMILES string of the molecule is COc1ccc(C(=O)N2CC[C@H](c3nn(CCN(C)C)c4ncccc34)C2)cn1. The summed E-state index contributed by atoms with van der Waals surface area (Å²) in [6.45, 7) is 3.04. The lowest BCUT2D eigenvalue weighted by Gasteiger charge is -2.16. The van der Waals surface area contributed by atoms with Gasteiger partial charge in [-0.3, -0.25) is 4.79 Å². The molecule has 29 heavy (non-hydrogen) atoms. The first kappa shape index (κ1) is 19.3. The Hall–Kier alpha value is -3.00. The van der Waals surface area contributed by atoms with E-state index in [0.29, 0.717) is 24.5 Å². The monoisotopic (exact) mass is 394 g/mol. The molecule has 8 nitrogen and oxygen atoms in total. The molecule has 0 aromatic carbocycles. The van der Waals surface area contributed by atoms with Crippen LogP contribution in [0.25, 0.3) is 11.0 Å². The molecule has 3 aromatic rings. The van der Waals surface area contributed by atoms with Crippen molar-refractivity contribution in [1.29, 1.82) is 0 Å². The van der Waals surface area contributed by atoms with Crippen LogP contribution in [0.3, 0.4) is 0 Å². The Bertz CT molecular complexity index is 998. The lowest BCUT2D eigenvalue weighted by Crippen LogP contribution is -2.28. The molecule has 0 spiro atoms. The predicted octanol–water partition coefficient (Wildman–Crippen LogP) is 2.03. The van der Waals surface area contributed by atoms with Crippen LogP contribution in [0.2, 0.25) is 0 Å². The number of likely N-dealkylation sites (N-methyl/N-ethyl adjacent to an activating group) is 1. The average Bonchev–Trinajstić information content (AvgIpc) is 3.37. The molecule has 1 amide bonds. The van der Waals surface area contributed by atoms with Gasteiger partial charge in [-0.15, -0.1) is 0 Å². The first-order chi connectivity index (χ1) is 14.1. The average molecular weight is 394 g/mol. The van der Waals surface area contributed by atoms with Gasteiger partial charge in [-0.2, -0.15) is 5.10 Å². The molecule has 0 radical (unpaired) electrons. The zero-order valence-electron chi connectivity index (χ0n) is 17.1. The van der Waals surface area contributed by atoms with Crippen LogP contribution in [0.15, 0.2) is 36.7 Å². The molecule has 1 atom stereocenters. The highest BCUT2D eigenvalue weighted by atomic mass is 16.5. The normalized spacial score (nSPS) is 16.7. The second-order valence-electron chi connectivity index (χ2n) is 7.61. The molecule has 0 saturated carbocycles. The van der Waals surface area contributed by atoms with Gasteiger partial charge in [0.15, 0.2) is 5.65 Å². The molecule has 1 saturated heterocycles. The summed E-state index contributed by atoms with van der Waals surface area (Å²) in [6, 6.07) is 7.50. The summed E-state index contributed by atoms with van der Waals surface area (Å²) in [5.74, 6) is 0.706. The third kappa shape index (κ3) is 3.93. The number of amides is 1. The Morgan fingerprint density at radius 3 is 2.86 bits per heavy atom. The molecule has 4 rings (SSSR count). The van der Waals surface area contributed by atoms with Crippen molar-refractivity contribution in [2.45, 2.75) is 18.9 Å². The first-order valence-electron chi connectivity index (χ1n) is 9.82. The smallest absolute Gasteiger partial charge is 0.255 e. The van der Waals surface area contributed by atoms with Crippen molar-refractivity contribution < 1.29 is 9.53 Å². The quantitative estimate of drug-likeness (QED) is 0.637. The molecule has 4 heterocycles. The van der Waals surface area contributed by atoms with Gasteiger partial charge >= 0.3 is 0 Å². The number of ether oxygens (including phenoxy) is 1. The number of rotatable bonds is 6. The van der Waals surface area contributed by atoms with Crippen LogP contribution in [0.4, 0.5) is 0 Å². The topological polar surface area (TPSA) is 76.4 Å².